The lowest BCUT2D eigenvalue weighted by Crippen LogP contribution is -1.98. The van der Waals surface area contributed by atoms with E-state index in [2.05, 4.69) is 19.6 Å². The van der Waals surface area contributed by atoms with E-state index >= 15 is 0 Å². The Labute approximate surface area is 87.2 Å². The first kappa shape index (κ1) is 12.9. The van der Waals surface area contributed by atoms with Gasteiger partial charge in [0.05, 0.1) is 0 Å². The maximum Gasteiger partial charge on any atom is 0.162 e. The Morgan fingerprint density at radius 3 is 2.50 bits per heavy atom. The minimum atomic E-state index is 0.184. The van der Waals surface area contributed by atoms with Crippen molar-refractivity contribution in [2.24, 2.45) is 0 Å². The van der Waals surface area contributed by atoms with Crippen LogP contribution in [0.5, 0.6) is 0 Å². The number of hydrogen-bond acceptors (Lipinski definition) is 1. The highest BCUT2D eigenvalue weighted by Gasteiger charge is 2.02. The fourth-order valence-corrected chi connectivity index (χ4v) is 1.08. The standard InChI is InChI=1S/C13H20O/c1-4-7-8-9-11-12(6-3)13(14)10-5-2/h6,8-9,11H,3-5,7,10H2,1-2H3/b9-8-,12-11+. The van der Waals surface area contributed by atoms with E-state index in [4.69, 9.17) is 0 Å². The number of carbonyl (C=O) groups is 1. The Kier molecular flexibility index (Phi) is 7.81. The molecule has 1 nitrogen and oxygen atoms in total. The highest BCUT2D eigenvalue weighted by molar-refractivity contribution is 5.98. The van der Waals surface area contributed by atoms with Gasteiger partial charge in [-0.15, -0.1) is 0 Å². The van der Waals surface area contributed by atoms with Gasteiger partial charge in [0.25, 0.3) is 0 Å². The molecule has 0 bridgehead atoms. The third-order valence-electron chi connectivity index (χ3n) is 1.89. The number of rotatable bonds is 7. The largest absolute Gasteiger partial charge is 0.294 e. The van der Waals surface area contributed by atoms with Gasteiger partial charge in [0.2, 0.25) is 0 Å². The van der Waals surface area contributed by atoms with E-state index in [9.17, 15) is 4.79 Å². The molecule has 0 atom stereocenters. The van der Waals surface area contributed by atoms with Crippen LogP contribution in [-0.2, 0) is 4.79 Å². The van der Waals surface area contributed by atoms with Crippen molar-refractivity contribution < 1.29 is 4.79 Å². The second kappa shape index (κ2) is 8.49. The van der Waals surface area contributed by atoms with Crippen LogP contribution in [0.3, 0.4) is 0 Å². The molecule has 0 aromatic carbocycles. The van der Waals surface area contributed by atoms with Crippen LogP contribution in [0.25, 0.3) is 0 Å². The number of unbranched alkanes of at least 4 members (excludes halogenated alkanes) is 1. The van der Waals surface area contributed by atoms with Crippen molar-refractivity contribution in [1.82, 2.24) is 0 Å². The minimum absolute atomic E-state index is 0.184. The van der Waals surface area contributed by atoms with Crippen molar-refractivity contribution in [2.45, 2.75) is 39.5 Å². The molecule has 14 heavy (non-hydrogen) atoms. The van der Waals surface area contributed by atoms with Gasteiger partial charge < -0.3 is 0 Å². The monoisotopic (exact) mass is 192 g/mol. The average Bonchev–Trinajstić information content (AvgIpc) is 2.18. The topological polar surface area (TPSA) is 17.1 Å². The van der Waals surface area contributed by atoms with Crippen molar-refractivity contribution >= 4 is 5.78 Å². The zero-order valence-electron chi connectivity index (χ0n) is 9.25. The fourth-order valence-electron chi connectivity index (χ4n) is 1.08. The van der Waals surface area contributed by atoms with Crippen LogP contribution in [0.15, 0.2) is 36.5 Å². The van der Waals surface area contributed by atoms with E-state index in [0.29, 0.717) is 6.42 Å². The van der Waals surface area contributed by atoms with E-state index < -0.39 is 0 Å². The lowest BCUT2D eigenvalue weighted by molar-refractivity contribution is -0.115. The first-order valence-electron chi connectivity index (χ1n) is 5.28. The van der Waals surface area contributed by atoms with E-state index in [1.54, 1.807) is 6.08 Å². The highest BCUT2D eigenvalue weighted by atomic mass is 16.1. The van der Waals surface area contributed by atoms with Gasteiger partial charge in [-0.3, -0.25) is 4.79 Å². The number of ketones is 1. The van der Waals surface area contributed by atoms with Crippen LogP contribution in [0.1, 0.15) is 39.5 Å². The second-order valence-electron chi connectivity index (χ2n) is 3.22. The summed E-state index contributed by atoms with van der Waals surface area (Å²) in [4.78, 5) is 11.5. The first-order chi connectivity index (χ1) is 6.76. The van der Waals surface area contributed by atoms with Gasteiger partial charge in [-0.25, -0.2) is 0 Å². The number of hydrogen-bond donors (Lipinski definition) is 0. The zero-order valence-corrected chi connectivity index (χ0v) is 9.25. The maximum atomic E-state index is 11.5. The van der Waals surface area contributed by atoms with Crippen LogP contribution >= 0.6 is 0 Å². The lowest BCUT2D eigenvalue weighted by Gasteiger charge is -1.97. The molecule has 0 aliphatic rings. The summed E-state index contributed by atoms with van der Waals surface area (Å²) in [6.07, 6.45) is 11.2. The lowest BCUT2D eigenvalue weighted by atomic mass is 10.1. The Bertz CT molecular complexity index is 234. The number of allylic oxidation sites excluding steroid dienone is 5. The predicted octanol–water partition coefficient (Wildman–Crippen LogP) is 3.82. The van der Waals surface area contributed by atoms with E-state index in [0.717, 1.165) is 24.8 Å². The van der Waals surface area contributed by atoms with E-state index in [1.807, 2.05) is 19.1 Å². The molecule has 0 amide bonds. The van der Waals surface area contributed by atoms with Gasteiger partial charge in [-0.1, -0.05) is 51.2 Å². The summed E-state index contributed by atoms with van der Waals surface area (Å²) in [6.45, 7) is 7.78. The van der Waals surface area contributed by atoms with Gasteiger partial charge in [-0.2, -0.15) is 0 Å². The summed E-state index contributed by atoms with van der Waals surface area (Å²) in [6, 6.07) is 0. The smallest absolute Gasteiger partial charge is 0.162 e. The van der Waals surface area contributed by atoms with Crippen LogP contribution in [-0.4, -0.2) is 5.78 Å². The van der Waals surface area contributed by atoms with E-state index in [1.165, 1.54) is 0 Å². The van der Waals surface area contributed by atoms with Crippen molar-refractivity contribution in [1.29, 1.82) is 0 Å². The molecular weight excluding hydrogens is 172 g/mol. The third kappa shape index (κ3) is 5.52. The quantitative estimate of drug-likeness (QED) is 0.442. The summed E-state index contributed by atoms with van der Waals surface area (Å²) < 4.78 is 0. The summed E-state index contributed by atoms with van der Waals surface area (Å²) in [5, 5.41) is 0. The summed E-state index contributed by atoms with van der Waals surface area (Å²) >= 11 is 0. The summed E-state index contributed by atoms with van der Waals surface area (Å²) in [7, 11) is 0. The minimum Gasteiger partial charge on any atom is -0.294 e. The Morgan fingerprint density at radius 1 is 1.29 bits per heavy atom. The average molecular weight is 192 g/mol. The molecule has 0 heterocycles. The molecule has 78 valence electrons. The van der Waals surface area contributed by atoms with Crippen molar-refractivity contribution in [3.8, 4) is 0 Å². The molecule has 0 aromatic heterocycles. The normalized spacial score (nSPS) is 12.0. The Morgan fingerprint density at radius 2 is 2.00 bits per heavy atom. The van der Waals surface area contributed by atoms with Crippen LogP contribution in [0.2, 0.25) is 0 Å². The Hall–Kier alpha value is -1.11. The second-order valence-corrected chi connectivity index (χ2v) is 3.22. The molecule has 0 aromatic rings. The van der Waals surface area contributed by atoms with Gasteiger partial charge in [0, 0.05) is 12.0 Å². The molecule has 0 unspecified atom stereocenters. The predicted molar refractivity (Wildman–Crippen MR) is 62.2 cm³/mol. The van der Waals surface area contributed by atoms with Crippen LogP contribution in [0.4, 0.5) is 0 Å². The third-order valence-corrected chi connectivity index (χ3v) is 1.89. The molecule has 0 N–H and O–H groups in total. The summed E-state index contributed by atoms with van der Waals surface area (Å²) in [5.41, 5.74) is 0.721. The van der Waals surface area contributed by atoms with Crippen molar-refractivity contribution in [3.05, 3.63) is 36.5 Å². The molecule has 0 fully saturated rings. The van der Waals surface area contributed by atoms with Crippen LogP contribution < -0.4 is 0 Å². The van der Waals surface area contributed by atoms with Gasteiger partial charge in [0.15, 0.2) is 5.78 Å². The fraction of sp³-hybridized carbons (Fsp3) is 0.462. The van der Waals surface area contributed by atoms with E-state index in [-0.39, 0.29) is 5.78 Å². The van der Waals surface area contributed by atoms with Gasteiger partial charge in [-0.05, 0) is 12.8 Å². The van der Waals surface area contributed by atoms with Crippen molar-refractivity contribution in [3.63, 3.8) is 0 Å². The van der Waals surface area contributed by atoms with Gasteiger partial charge >= 0.3 is 0 Å². The molecule has 0 saturated heterocycles. The molecule has 0 aliphatic carbocycles. The number of carbonyl (C=O) groups excluding carboxylic acids is 1. The SMILES string of the molecule is C=C/C(=C\C=C/CCC)C(=O)CCC. The molecule has 0 radical (unpaired) electrons. The number of Topliss-reactive ketones (excluding diaryl/α,β-unsaturated/α-hetero) is 1. The Balaban J connectivity index is 4.24. The molecule has 0 rings (SSSR count). The maximum absolute atomic E-state index is 11.5. The summed E-state index contributed by atoms with van der Waals surface area (Å²) in [5.74, 6) is 0.184. The van der Waals surface area contributed by atoms with Gasteiger partial charge in [0.1, 0.15) is 0 Å². The molecule has 1 heteroatoms. The molecule has 0 aliphatic heterocycles. The molecule has 0 spiro atoms. The zero-order chi connectivity index (χ0) is 10.8. The highest BCUT2D eigenvalue weighted by Crippen LogP contribution is 2.04. The van der Waals surface area contributed by atoms with Crippen LogP contribution in [0, 0.1) is 0 Å². The molecular formula is C13H20O. The molecule has 0 saturated carbocycles. The van der Waals surface area contributed by atoms with Crippen molar-refractivity contribution in [2.75, 3.05) is 0 Å². The first-order valence-corrected chi connectivity index (χ1v) is 5.28.